The van der Waals surface area contributed by atoms with Gasteiger partial charge >= 0.3 is 6.18 Å². The summed E-state index contributed by atoms with van der Waals surface area (Å²) in [7, 11) is 5.69. The van der Waals surface area contributed by atoms with Crippen molar-refractivity contribution in [3.63, 3.8) is 0 Å². The Morgan fingerprint density at radius 3 is 2.60 bits per heavy atom. The fraction of sp³-hybridized carbons (Fsp3) is 0.667. The van der Waals surface area contributed by atoms with Crippen molar-refractivity contribution in [1.82, 2.24) is 15.1 Å². The van der Waals surface area contributed by atoms with Crippen LogP contribution in [0.2, 0.25) is 0 Å². The molecule has 6 nitrogen and oxygen atoms in total. The average Bonchev–Trinajstić information content (AvgIpc) is 3.21. The number of nitrogens with zero attached hydrogens (tertiary/aromatic N) is 4. The fourth-order valence-electron chi connectivity index (χ4n) is 4.02. The van der Waals surface area contributed by atoms with E-state index in [1.807, 2.05) is 11.9 Å². The second-order valence-corrected chi connectivity index (χ2v) is 8.14. The molecule has 0 saturated carbocycles. The molecule has 0 amide bonds. The summed E-state index contributed by atoms with van der Waals surface area (Å²) in [4.78, 5) is 10.7. The smallest absolute Gasteiger partial charge is 0.381 e. The van der Waals surface area contributed by atoms with Gasteiger partial charge in [0.1, 0.15) is 0 Å². The van der Waals surface area contributed by atoms with Gasteiger partial charge in [-0.25, -0.2) is 0 Å². The Bertz CT molecular complexity index is 726. The van der Waals surface area contributed by atoms with E-state index >= 15 is 0 Å². The maximum absolute atomic E-state index is 13.3. The summed E-state index contributed by atoms with van der Waals surface area (Å²) in [5.41, 5.74) is 0.864. The van der Waals surface area contributed by atoms with Crippen LogP contribution < -0.4 is 10.2 Å². The SMILES string of the molecule is CN=C(NCc1cc(C(F)(F)F)ccc1N1CCN(C)CC1)N(C)CC1CCOC1. The average molecular weight is 428 g/mol. The minimum atomic E-state index is -4.36. The number of ether oxygens (including phenoxy) is 1. The number of halogens is 3. The summed E-state index contributed by atoms with van der Waals surface area (Å²) in [5, 5.41) is 3.26. The number of aliphatic imine (C=N–C) groups is 1. The summed E-state index contributed by atoms with van der Waals surface area (Å²) in [5.74, 6) is 1.12. The Morgan fingerprint density at radius 1 is 1.27 bits per heavy atom. The quantitative estimate of drug-likeness (QED) is 0.578. The van der Waals surface area contributed by atoms with Crippen molar-refractivity contribution in [2.75, 3.05) is 72.0 Å². The van der Waals surface area contributed by atoms with Gasteiger partial charge in [-0.3, -0.25) is 4.99 Å². The highest BCUT2D eigenvalue weighted by Crippen LogP contribution is 2.33. The van der Waals surface area contributed by atoms with Gasteiger partial charge in [-0.1, -0.05) is 0 Å². The van der Waals surface area contributed by atoms with Crippen LogP contribution in [0.3, 0.4) is 0 Å². The predicted octanol–water partition coefficient (Wildman–Crippen LogP) is 2.50. The van der Waals surface area contributed by atoms with Crippen molar-refractivity contribution in [3.8, 4) is 0 Å². The zero-order valence-electron chi connectivity index (χ0n) is 18.0. The Balaban J connectivity index is 1.74. The van der Waals surface area contributed by atoms with Crippen molar-refractivity contribution >= 4 is 11.6 Å². The van der Waals surface area contributed by atoms with E-state index in [9.17, 15) is 13.2 Å². The third-order valence-corrected chi connectivity index (χ3v) is 5.82. The van der Waals surface area contributed by atoms with Gasteiger partial charge < -0.3 is 24.8 Å². The first-order chi connectivity index (χ1) is 14.3. The molecule has 2 saturated heterocycles. The summed E-state index contributed by atoms with van der Waals surface area (Å²) < 4.78 is 45.4. The highest BCUT2D eigenvalue weighted by atomic mass is 19.4. The van der Waals surface area contributed by atoms with Crippen molar-refractivity contribution < 1.29 is 17.9 Å². The second kappa shape index (κ2) is 9.87. The topological polar surface area (TPSA) is 43.3 Å². The van der Waals surface area contributed by atoms with Gasteiger partial charge in [-0.2, -0.15) is 13.2 Å². The van der Waals surface area contributed by atoms with Crippen molar-refractivity contribution in [2.45, 2.75) is 19.1 Å². The van der Waals surface area contributed by atoms with Crippen molar-refractivity contribution in [1.29, 1.82) is 0 Å². The zero-order chi connectivity index (χ0) is 21.7. The standard InChI is InChI=1S/C21H32F3N5O/c1-25-20(28(3)14-16-6-11-30-15-16)26-13-17-12-18(21(22,23)24)4-5-19(17)29-9-7-27(2)8-10-29/h4-5,12,16H,6-11,13-15H2,1-3H3,(H,25,26). The molecule has 1 unspecified atom stereocenters. The number of likely N-dealkylation sites (N-methyl/N-ethyl adjacent to an activating group) is 1. The maximum Gasteiger partial charge on any atom is 0.416 e. The van der Waals surface area contributed by atoms with Gasteiger partial charge in [0, 0.05) is 71.6 Å². The molecule has 1 N–H and O–H groups in total. The van der Waals surface area contributed by atoms with Crippen LogP contribution in [-0.2, 0) is 17.5 Å². The van der Waals surface area contributed by atoms with Crippen LogP contribution in [0.15, 0.2) is 23.2 Å². The lowest BCUT2D eigenvalue weighted by atomic mass is 10.1. The molecule has 2 aliphatic heterocycles. The molecule has 0 bridgehead atoms. The number of anilines is 1. The van der Waals surface area contributed by atoms with E-state index in [0.717, 1.165) is 58.0 Å². The van der Waals surface area contributed by atoms with Gasteiger partial charge in [-0.15, -0.1) is 0 Å². The van der Waals surface area contributed by atoms with E-state index in [0.29, 0.717) is 17.4 Å². The van der Waals surface area contributed by atoms with Crippen molar-refractivity contribution in [3.05, 3.63) is 29.3 Å². The molecule has 2 fully saturated rings. The normalized spacial score (nSPS) is 21.2. The van der Waals surface area contributed by atoms with E-state index in [4.69, 9.17) is 4.74 Å². The Hall–Kier alpha value is -2.00. The van der Waals surface area contributed by atoms with E-state index < -0.39 is 11.7 Å². The number of rotatable bonds is 5. The lowest BCUT2D eigenvalue weighted by molar-refractivity contribution is -0.137. The van der Waals surface area contributed by atoms with Crippen LogP contribution in [0.25, 0.3) is 0 Å². The van der Waals surface area contributed by atoms with Gasteiger partial charge in [0.2, 0.25) is 0 Å². The lowest BCUT2D eigenvalue weighted by Gasteiger charge is -2.35. The van der Waals surface area contributed by atoms with Crippen molar-refractivity contribution in [2.24, 2.45) is 10.9 Å². The summed E-state index contributed by atoms with van der Waals surface area (Å²) >= 11 is 0. The third kappa shape index (κ3) is 5.78. The molecule has 2 heterocycles. The van der Waals surface area contributed by atoms with Gasteiger partial charge in [0.15, 0.2) is 5.96 Å². The molecule has 0 aromatic heterocycles. The molecule has 1 aromatic rings. The number of benzene rings is 1. The van der Waals surface area contributed by atoms with E-state index in [1.165, 1.54) is 12.1 Å². The molecular formula is C21H32F3N5O. The number of alkyl halides is 3. The van der Waals surface area contributed by atoms with Gasteiger partial charge in [0.05, 0.1) is 12.2 Å². The highest BCUT2D eigenvalue weighted by molar-refractivity contribution is 5.79. The minimum Gasteiger partial charge on any atom is -0.381 e. The summed E-state index contributed by atoms with van der Waals surface area (Å²) in [6.07, 6.45) is -3.35. The molecule has 0 radical (unpaired) electrons. The van der Waals surface area contributed by atoms with Crippen LogP contribution in [0.1, 0.15) is 17.5 Å². The van der Waals surface area contributed by atoms with E-state index in [-0.39, 0.29) is 6.54 Å². The molecule has 1 aromatic carbocycles. The molecular weight excluding hydrogens is 395 g/mol. The Morgan fingerprint density at radius 2 is 2.00 bits per heavy atom. The number of guanidine groups is 1. The van der Waals surface area contributed by atoms with Crippen LogP contribution in [-0.4, -0.2) is 82.8 Å². The first-order valence-corrected chi connectivity index (χ1v) is 10.4. The molecule has 0 aliphatic carbocycles. The van der Waals surface area contributed by atoms with Crippen LogP contribution >= 0.6 is 0 Å². The van der Waals surface area contributed by atoms with Crippen LogP contribution in [0, 0.1) is 5.92 Å². The number of piperazine rings is 1. The summed E-state index contributed by atoms with van der Waals surface area (Å²) in [6, 6.07) is 4.05. The summed E-state index contributed by atoms with van der Waals surface area (Å²) in [6.45, 7) is 5.98. The molecule has 168 valence electrons. The second-order valence-electron chi connectivity index (χ2n) is 8.14. The van der Waals surface area contributed by atoms with Gasteiger partial charge in [-0.05, 0) is 37.2 Å². The first kappa shape index (κ1) is 22.7. The molecule has 2 aliphatic rings. The number of hydrogen-bond acceptors (Lipinski definition) is 4. The van der Waals surface area contributed by atoms with Crippen LogP contribution in [0.5, 0.6) is 0 Å². The Labute approximate surface area is 176 Å². The molecule has 3 rings (SSSR count). The molecule has 0 spiro atoms. The van der Waals surface area contributed by atoms with E-state index in [1.54, 1.807) is 13.1 Å². The molecule has 30 heavy (non-hydrogen) atoms. The predicted molar refractivity (Wildman–Crippen MR) is 113 cm³/mol. The highest BCUT2D eigenvalue weighted by Gasteiger charge is 2.31. The number of hydrogen-bond donors (Lipinski definition) is 1. The first-order valence-electron chi connectivity index (χ1n) is 10.4. The minimum absolute atomic E-state index is 0.282. The monoisotopic (exact) mass is 427 g/mol. The largest absolute Gasteiger partial charge is 0.416 e. The van der Waals surface area contributed by atoms with Crippen LogP contribution in [0.4, 0.5) is 18.9 Å². The van der Waals surface area contributed by atoms with E-state index in [2.05, 4.69) is 27.2 Å². The lowest BCUT2D eigenvalue weighted by Crippen LogP contribution is -2.45. The zero-order valence-corrected chi connectivity index (χ0v) is 18.0. The third-order valence-electron chi connectivity index (χ3n) is 5.82. The number of nitrogens with one attached hydrogen (secondary N) is 1. The fourth-order valence-corrected chi connectivity index (χ4v) is 4.02. The maximum atomic E-state index is 13.3. The molecule has 9 heteroatoms. The Kier molecular flexibility index (Phi) is 7.46. The van der Waals surface area contributed by atoms with Gasteiger partial charge in [0.25, 0.3) is 0 Å². The molecule has 1 atom stereocenters.